The molecule has 0 radical (unpaired) electrons. The second kappa shape index (κ2) is 15.1. The summed E-state index contributed by atoms with van der Waals surface area (Å²) >= 11 is 6.22. The fourth-order valence-electron chi connectivity index (χ4n) is 5.40. The van der Waals surface area contributed by atoms with Gasteiger partial charge in [-0.05, 0) is 89.1 Å². The van der Waals surface area contributed by atoms with E-state index in [1.54, 1.807) is 6.07 Å². The van der Waals surface area contributed by atoms with Crippen LogP contribution in [0.3, 0.4) is 0 Å². The zero-order chi connectivity index (χ0) is 32.5. The molecule has 0 aromatic carbocycles. The Hall–Kier alpha value is -2.85. The fourth-order valence-corrected chi connectivity index (χ4v) is 6.57. The number of halogens is 6. The molecule has 3 N–H and O–H groups in total. The number of carbonyl (C=O) groups is 1. The van der Waals surface area contributed by atoms with Crippen molar-refractivity contribution in [2.24, 2.45) is 11.3 Å². The lowest BCUT2D eigenvalue weighted by Crippen LogP contribution is -2.31. The van der Waals surface area contributed by atoms with E-state index < -0.39 is 27.5 Å². The Balaban J connectivity index is 0.00000300. The zero-order valence-corrected chi connectivity index (χ0v) is 28.8. The highest BCUT2D eigenvalue weighted by Crippen LogP contribution is 2.59. The third-order valence-corrected chi connectivity index (χ3v) is 9.67. The van der Waals surface area contributed by atoms with Crippen molar-refractivity contribution >= 4 is 58.2 Å². The summed E-state index contributed by atoms with van der Waals surface area (Å²) in [6.07, 6.45) is 0.276. The molecule has 2 aliphatic rings. The monoisotopic (exact) mass is 741 g/mol. The van der Waals surface area contributed by atoms with Crippen molar-refractivity contribution in [3.05, 3.63) is 53.3 Å². The molecule has 0 bridgehead atoms. The summed E-state index contributed by atoms with van der Waals surface area (Å²) in [6, 6.07) is 8.59. The normalized spacial score (nSPS) is 18.0. The van der Waals surface area contributed by atoms with Gasteiger partial charge in [-0.3, -0.25) is 4.79 Å². The Bertz CT molecular complexity index is 1650. The van der Waals surface area contributed by atoms with Crippen LogP contribution in [0.5, 0.6) is 5.88 Å². The van der Waals surface area contributed by atoms with Gasteiger partial charge in [0.25, 0.3) is 15.9 Å². The first-order chi connectivity index (χ1) is 21.2. The number of sulfonamides is 1. The summed E-state index contributed by atoms with van der Waals surface area (Å²) in [5.41, 5.74) is -1.72. The Morgan fingerprint density at radius 2 is 1.89 bits per heavy atom. The van der Waals surface area contributed by atoms with E-state index in [4.69, 9.17) is 16.3 Å². The highest BCUT2D eigenvalue weighted by atomic mass is 35.5. The third kappa shape index (κ3) is 9.62. The maximum Gasteiger partial charge on any atom is 0.394 e. The van der Waals surface area contributed by atoms with Gasteiger partial charge in [-0.25, -0.2) is 19.4 Å². The number of amides is 1. The standard InChI is InChI=1S/C29H35ClF3N7O4S.2ClH/c1-27(2)17-19(18-35-27)5-4-14-34-21-6-3-7-24(36-21)45(42,43)39-26(41)20-8-9-22(37-25(20)30)40-15-10-23(38-40)44-16-13-28(11-12-28)29(31,32)33;;/h3,6-10,15,19,35H,4-5,11-14,16-18H2,1-2H3,(H,34,36)(H,39,41);2*1H. The zero-order valence-electron chi connectivity index (χ0n) is 25.6. The summed E-state index contributed by atoms with van der Waals surface area (Å²) in [7, 11) is -4.34. The second-order valence-corrected chi connectivity index (χ2v) is 14.2. The van der Waals surface area contributed by atoms with Gasteiger partial charge in [0.1, 0.15) is 11.0 Å². The predicted octanol–water partition coefficient (Wildman–Crippen LogP) is 5.97. The van der Waals surface area contributed by atoms with E-state index in [0.717, 1.165) is 25.8 Å². The van der Waals surface area contributed by atoms with Gasteiger partial charge in [0.2, 0.25) is 5.88 Å². The minimum atomic E-state index is -4.34. The molecule has 11 nitrogen and oxygen atoms in total. The number of ether oxygens (including phenoxy) is 1. The summed E-state index contributed by atoms with van der Waals surface area (Å²) in [6.45, 7) is 5.83. The number of nitrogens with one attached hydrogen (secondary N) is 3. The van der Waals surface area contributed by atoms with Gasteiger partial charge < -0.3 is 15.4 Å². The summed E-state index contributed by atoms with van der Waals surface area (Å²) in [5.74, 6) is 0.233. The first-order valence-electron chi connectivity index (χ1n) is 14.6. The number of hydrogen-bond donors (Lipinski definition) is 3. The second-order valence-electron chi connectivity index (χ2n) is 12.2. The number of carbonyl (C=O) groups excluding carboxylic acids is 1. The topological polar surface area (TPSA) is 140 Å². The van der Waals surface area contributed by atoms with Crippen molar-refractivity contribution in [2.75, 3.05) is 25.0 Å². The van der Waals surface area contributed by atoms with Crippen LogP contribution >= 0.6 is 36.4 Å². The van der Waals surface area contributed by atoms with Crippen molar-refractivity contribution in [2.45, 2.75) is 69.1 Å². The molecule has 0 spiro atoms. The Morgan fingerprint density at radius 1 is 1.15 bits per heavy atom. The molecule has 1 saturated carbocycles. The molecular formula is C29H37Cl3F3N7O4S. The van der Waals surface area contributed by atoms with Crippen LogP contribution in [0.1, 0.15) is 62.7 Å². The van der Waals surface area contributed by atoms with Crippen LogP contribution in [0.4, 0.5) is 19.0 Å². The maximum absolute atomic E-state index is 13.1. The van der Waals surface area contributed by atoms with Crippen LogP contribution in [0.15, 0.2) is 47.6 Å². The number of nitrogens with zero attached hydrogens (tertiary/aromatic N) is 4. The molecule has 47 heavy (non-hydrogen) atoms. The van der Waals surface area contributed by atoms with Crippen molar-refractivity contribution in [1.29, 1.82) is 0 Å². The van der Waals surface area contributed by atoms with Gasteiger partial charge in [0.15, 0.2) is 10.8 Å². The summed E-state index contributed by atoms with van der Waals surface area (Å²) < 4.78 is 73.9. The number of alkyl halides is 3. The highest BCUT2D eigenvalue weighted by Gasteiger charge is 2.62. The van der Waals surface area contributed by atoms with Gasteiger partial charge in [0.05, 0.1) is 17.6 Å². The third-order valence-electron chi connectivity index (χ3n) is 8.15. The van der Waals surface area contributed by atoms with Gasteiger partial charge in [-0.1, -0.05) is 17.7 Å². The lowest BCUT2D eigenvalue weighted by atomic mass is 9.94. The van der Waals surface area contributed by atoms with Crippen molar-refractivity contribution in [3.8, 4) is 11.7 Å². The molecule has 1 saturated heterocycles. The van der Waals surface area contributed by atoms with E-state index in [9.17, 15) is 26.4 Å². The fraction of sp³-hybridized carbons (Fsp3) is 0.517. The molecule has 1 amide bonds. The predicted molar refractivity (Wildman–Crippen MR) is 176 cm³/mol. The van der Waals surface area contributed by atoms with E-state index in [1.807, 2.05) is 4.72 Å². The number of anilines is 1. The molecule has 1 unspecified atom stereocenters. The molecule has 3 aromatic heterocycles. The molecule has 1 aliphatic carbocycles. The van der Waals surface area contributed by atoms with E-state index in [-0.39, 0.29) is 83.7 Å². The average molecular weight is 743 g/mol. The minimum Gasteiger partial charge on any atom is -0.477 e. The Kier molecular flexibility index (Phi) is 12.4. The lowest BCUT2D eigenvalue weighted by molar-refractivity contribution is -0.190. The Morgan fingerprint density at radius 3 is 2.53 bits per heavy atom. The molecule has 5 rings (SSSR count). The van der Waals surface area contributed by atoms with Crippen LogP contribution in [0.2, 0.25) is 5.15 Å². The number of pyridine rings is 2. The molecule has 1 atom stereocenters. The minimum absolute atomic E-state index is 0. The first kappa shape index (κ1) is 38.6. The quantitative estimate of drug-likeness (QED) is 0.143. The molecule has 2 fully saturated rings. The largest absolute Gasteiger partial charge is 0.477 e. The molecule has 3 aromatic rings. The number of rotatable bonds is 13. The SMILES string of the molecule is CC1(C)CC(CCCNc2cccc(S(=O)(=O)NC(=O)c3ccc(-n4ccc(OCCC5(C(F)(F)F)CC5)n4)nc3Cl)n2)CN1.Cl.Cl. The summed E-state index contributed by atoms with van der Waals surface area (Å²) in [5, 5.41) is 10.2. The van der Waals surface area contributed by atoms with Gasteiger partial charge in [-0.15, -0.1) is 29.9 Å². The number of aromatic nitrogens is 4. The van der Waals surface area contributed by atoms with Crippen LogP contribution < -0.4 is 20.1 Å². The van der Waals surface area contributed by atoms with E-state index in [1.165, 1.54) is 41.2 Å². The molecular weight excluding hydrogens is 706 g/mol. The molecule has 260 valence electrons. The van der Waals surface area contributed by atoms with Crippen LogP contribution in [0.25, 0.3) is 5.82 Å². The van der Waals surface area contributed by atoms with E-state index >= 15 is 0 Å². The maximum atomic E-state index is 13.1. The van der Waals surface area contributed by atoms with E-state index in [0.29, 0.717) is 18.3 Å². The van der Waals surface area contributed by atoms with Crippen LogP contribution in [-0.4, -0.2) is 65.5 Å². The molecule has 1 aliphatic heterocycles. The van der Waals surface area contributed by atoms with Gasteiger partial charge >= 0.3 is 6.18 Å². The lowest BCUT2D eigenvalue weighted by Gasteiger charge is -2.18. The van der Waals surface area contributed by atoms with Crippen molar-refractivity contribution in [1.82, 2.24) is 29.8 Å². The first-order valence-corrected chi connectivity index (χ1v) is 16.5. The van der Waals surface area contributed by atoms with Crippen molar-refractivity contribution in [3.63, 3.8) is 0 Å². The highest BCUT2D eigenvalue weighted by molar-refractivity contribution is 7.90. The van der Waals surface area contributed by atoms with Gasteiger partial charge in [0, 0.05) is 24.3 Å². The van der Waals surface area contributed by atoms with Crippen molar-refractivity contribution < 1.29 is 31.1 Å². The summed E-state index contributed by atoms with van der Waals surface area (Å²) in [4.78, 5) is 21.1. The molecule has 4 heterocycles. The molecule has 18 heteroatoms. The van der Waals surface area contributed by atoms with Crippen LogP contribution in [0, 0.1) is 11.3 Å². The smallest absolute Gasteiger partial charge is 0.394 e. The average Bonchev–Trinajstić information content (AvgIpc) is 3.49. The van der Waals surface area contributed by atoms with E-state index in [2.05, 4.69) is 39.5 Å². The van der Waals surface area contributed by atoms with Crippen LogP contribution in [-0.2, 0) is 10.0 Å². The Labute approximate surface area is 288 Å². The number of hydrogen-bond acceptors (Lipinski definition) is 9. The van der Waals surface area contributed by atoms with Gasteiger partial charge in [-0.2, -0.15) is 21.6 Å².